The number of nitrogens with zero attached hydrogens (tertiary/aromatic N) is 1. The molecule has 4 rings (SSSR count). The Hall–Kier alpha value is -3.34. The van der Waals surface area contributed by atoms with Crippen LogP contribution >= 0.6 is 0 Å². The Morgan fingerprint density at radius 2 is 1.69 bits per heavy atom. The van der Waals surface area contributed by atoms with Gasteiger partial charge >= 0.3 is 0 Å². The summed E-state index contributed by atoms with van der Waals surface area (Å²) in [6, 6.07) is 20.1. The van der Waals surface area contributed by atoms with E-state index in [4.69, 9.17) is 9.47 Å². The Bertz CT molecular complexity index is 1000. The Labute approximate surface area is 189 Å². The van der Waals surface area contributed by atoms with E-state index >= 15 is 0 Å². The van der Waals surface area contributed by atoms with Gasteiger partial charge in [0.05, 0.1) is 20.1 Å². The van der Waals surface area contributed by atoms with Gasteiger partial charge in [-0.25, -0.2) is 0 Å². The molecule has 5 heteroatoms. The van der Waals surface area contributed by atoms with Crippen molar-refractivity contribution in [3.05, 3.63) is 89.7 Å². The van der Waals surface area contributed by atoms with Gasteiger partial charge in [0.15, 0.2) is 0 Å². The summed E-state index contributed by atoms with van der Waals surface area (Å²) in [6.07, 6.45) is 7.40. The molecule has 3 aromatic rings. The van der Waals surface area contributed by atoms with Crippen molar-refractivity contribution in [3.63, 3.8) is 0 Å². The highest BCUT2D eigenvalue weighted by atomic mass is 16.5. The van der Waals surface area contributed by atoms with Gasteiger partial charge in [0, 0.05) is 24.4 Å². The number of aromatic nitrogens is 1. The fourth-order valence-electron chi connectivity index (χ4n) is 4.52. The number of benzene rings is 2. The first-order chi connectivity index (χ1) is 15.7. The number of nitrogens with one attached hydrogen (secondary N) is 1. The van der Waals surface area contributed by atoms with Gasteiger partial charge in [0.25, 0.3) is 0 Å². The second-order valence-electron chi connectivity index (χ2n) is 8.30. The minimum absolute atomic E-state index is 0.108. The number of hydrogen-bond donors (Lipinski definition) is 1. The van der Waals surface area contributed by atoms with Crippen LogP contribution in [-0.4, -0.2) is 31.7 Å². The lowest BCUT2D eigenvalue weighted by atomic mass is 9.85. The molecular weight excluding hydrogens is 400 g/mol. The first-order valence-corrected chi connectivity index (χ1v) is 11.1. The quantitative estimate of drug-likeness (QED) is 0.480. The molecule has 0 radical (unpaired) electrons. The van der Waals surface area contributed by atoms with Crippen molar-refractivity contribution in [2.24, 2.45) is 5.92 Å². The molecule has 1 N–H and O–H groups in total. The van der Waals surface area contributed by atoms with Crippen LogP contribution < -0.4 is 14.8 Å². The van der Waals surface area contributed by atoms with Crippen LogP contribution in [-0.2, 0) is 16.6 Å². The molecule has 1 heterocycles. The smallest absolute Gasteiger partial charge is 0.224 e. The lowest BCUT2D eigenvalue weighted by molar-refractivity contribution is -0.122. The van der Waals surface area contributed by atoms with Crippen LogP contribution in [0.4, 0.5) is 0 Å². The summed E-state index contributed by atoms with van der Waals surface area (Å²) >= 11 is 0. The van der Waals surface area contributed by atoms with Gasteiger partial charge < -0.3 is 14.8 Å². The Balaban J connectivity index is 1.44. The standard InChI is InChI=1S/C27H30N2O3/c1-31-23-12-5-10-21(16-23)27(22-11-6-13-24(17-22)32-2)18-25(27)26(30)29-15-4-3-8-20-9-7-14-28-19-20/h5-7,9-14,16-17,19,25H,3-4,8,15,18H2,1-2H3,(H,29,30)/t25-/m1/s1. The molecule has 0 bridgehead atoms. The van der Waals surface area contributed by atoms with E-state index in [1.165, 1.54) is 5.56 Å². The van der Waals surface area contributed by atoms with Crippen molar-refractivity contribution < 1.29 is 14.3 Å². The second-order valence-corrected chi connectivity index (χ2v) is 8.30. The zero-order chi connectivity index (χ0) is 22.4. The summed E-state index contributed by atoms with van der Waals surface area (Å²) in [4.78, 5) is 17.3. The van der Waals surface area contributed by atoms with Gasteiger partial charge in [0.2, 0.25) is 5.91 Å². The minimum Gasteiger partial charge on any atom is -0.497 e. The summed E-state index contributed by atoms with van der Waals surface area (Å²) in [5.74, 6) is 1.59. The number of unbranched alkanes of at least 4 members (excludes halogenated alkanes) is 1. The van der Waals surface area contributed by atoms with E-state index in [9.17, 15) is 4.79 Å². The first kappa shape index (κ1) is 21.9. The number of pyridine rings is 1. The van der Waals surface area contributed by atoms with Gasteiger partial charge in [-0.1, -0.05) is 30.3 Å². The normalized spacial score (nSPS) is 16.2. The maximum atomic E-state index is 13.1. The van der Waals surface area contributed by atoms with Crippen molar-refractivity contribution in [2.45, 2.75) is 31.1 Å². The topological polar surface area (TPSA) is 60.5 Å². The zero-order valence-corrected chi connectivity index (χ0v) is 18.7. The number of aryl methyl sites for hydroxylation is 1. The Kier molecular flexibility index (Phi) is 6.74. The largest absolute Gasteiger partial charge is 0.497 e. The summed E-state index contributed by atoms with van der Waals surface area (Å²) in [7, 11) is 3.33. The van der Waals surface area contributed by atoms with E-state index < -0.39 is 0 Å². The molecule has 1 aliphatic carbocycles. The molecule has 2 aromatic carbocycles. The summed E-state index contributed by atoms with van der Waals surface area (Å²) in [5, 5.41) is 3.17. The monoisotopic (exact) mass is 430 g/mol. The van der Waals surface area contributed by atoms with Crippen molar-refractivity contribution in [3.8, 4) is 11.5 Å². The maximum absolute atomic E-state index is 13.1. The third-order valence-corrected chi connectivity index (χ3v) is 6.36. The van der Waals surface area contributed by atoms with Crippen LogP contribution in [0.25, 0.3) is 0 Å². The van der Waals surface area contributed by atoms with Crippen LogP contribution in [0.5, 0.6) is 11.5 Å². The van der Waals surface area contributed by atoms with E-state index in [-0.39, 0.29) is 17.2 Å². The van der Waals surface area contributed by atoms with Crippen LogP contribution in [0, 0.1) is 5.92 Å². The van der Waals surface area contributed by atoms with Crippen LogP contribution in [0.1, 0.15) is 36.0 Å². The highest BCUT2D eigenvalue weighted by molar-refractivity contribution is 5.86. The summed E-state index contributed by atoms with van der Waals surface area (Å²) < 4.78 is 10.9. The number of rotatable bonds is 10. The molecule has 1 atom stereocenters. The lowest BCUT2D eigenvalue weighted by Crippen LogP contribution is -2.30. The van der Waals surface area contributed by atoms with Gasteiger partial charge in [-0.3, -0.25) is 9.78 Å². The molecule has 32 heavy (non-hydrogen) atoms. The lowest BCUT2D eigenvalue weighted by Gasteiger charge is -2.20. The molecule has 0 spiro atoms. The van der Waals surface area contributed by atoms with Crippen LogP contribution in [0.2, 0.25) is 0 Å². The minimum atomic E-state index is -0.358. The average Bonchev–Trinajstić information content (AvgIpc) is 3.62. The summed E-state index contributed by atoms with van der Waals surface area (Å²) in [5.41, 5.74) is 3.07. The number of ether oxygens (including phenoxy) is 2. The highest BCUT2D eigenvalue weighted by Gasteiger charge is 2.60. The summed E-state index contributed by atoms with van der Waals surface area (Å²) in [6.45, 7) is 0.682. The highest BCUT2D eigenvalue weighted by Crippen LogP contribution is 2.59. The van der Waals surface area contributed by atoms with Gasteiger partial charge in [0.1, 0.15) is 11.5 Å². The average molecular weight is 431 g/mol. The van der Waals surface area contributed by atoms with E-state index in [1.54, 1.807) is 20.4 Å². The van der Waals surface area contributed by atoms with Gasteiger partial charge in [-0.15, -0.1) is 0 Å². The van der Waals surface area contributed by atoms with E-state index in [0.29, 0.717) is 6.54 Å². The number of carbonyl (C=O) groups is 1. The second kappa shape index (κ2) is 9.86. The fraction of sp³-hybridized carbons (Fsp3) is 0.333. The van der Waals surface area contributed by atoms with Crippen molar-refractivity contribution in [2.75, 3.05) is 20.8 Å². The number of amides is 1. The van der Waals surface area contributed by atoms with E-state index in [0.717, 1.165) is 48.3 Å². The van der Waals surface area contributed by atoms with E-state index in [2.05, 4.69) is 28.5 Å². The number of hydrogen-bond acceptors (Lipinski definition) is 4. The van der Waals surface area contributed by atoms with Crippen molar-refractivity contribution in [1.29, 1.82) is 0 Å². The number of carbonyl (C=O) groups excluding carboxylic acids is 1. The van der Waals surface area contributed by atoms with Gasteiger partial charge in [-0.2, -0.15) is 0 Å². The van der Waals surface area contributed by atoms with Crippen molar-refractivity contribution in [1.82, 2.24) is 10.3 Å². The first-order valence-electron chi connectivity index (χ1n) is 11.1. The number of methoxy groups -OCH3 is 2. The molecule has 1 saturated carbocycles. The zero-order valence-electron chi connectivity index (χ0n) is 18.7. The molecule has 1 aromatic heterocycles. The molecule has 1 amide bonds. The predicted octanol–water partition coefficient (Wildman–Crippen LogP) is 4.54. The molecule has 0 unspecified atom stereocenters. The van der Waals surface area contributed by atoms with Crippen LogP contribution in [0.15, 0.2) is 73.1 Å². The molecule has 1 aliphatic rings. The fourth-order valence-corrected chi connectivity index (χ4v) is 4.52. The van der Waals surface area contributed by atoms with Gasteiger partial charge in [-0.05, 0) is 72.7 Å². The molecule has 0 saturated heterocycles. The SMILES string of the molecule is COc1cccc(C2(c3cccc(OC)c3)C[C@@H]2C(=O)NCCCCc2cccnc2)c1. The third kappa shape index (κ3) is 4.62. The molecule has 5 nitrogen and oxygen atoms in total. The third-order valence-electron chi connectivity index (χ3n) is 6.36. The maximum Gasteiger partial charge on any atom is 0.224 e. The Morgan fingerprint density at radius 3 is 2.28 bits per heavy atom. The molecule has 1 fully saturated rings. The molecular formula is C27H30N2O3. The predicted molar refractivity (Wildman–Crippen MR) is 125 cm³/mol. The van der Waals surface area contributed by atoms with E-state index in [1.807, 2.05) is 48.7 Å². The molecule has 166 valence electrons. The van der Waals surface area contributed by atoms with Crippen LogP contribution in [0.3, 0.4) is 0 Å². The Morgan fingerprint density at radius 1 is 1.00 bits per heavy atom. The van der Waals surface area contributed by atoms with Crippen molar-refractivity contribution >= 4 is 5.91 Å². The molecule has 0 aliphatic heterocycles.